The van der Waals surface area contributed by atoms with E-state index < -0.39 is 0 Å². The lowest BCUT2D eigenvalue weighted by Crippen LogP contribution is -2.13. The third-order valence-corrected chi connectivity index (χ3v) is 2.54. The molecule has 0 spiro atoms. The zero-order valence-electron chi connectivity index (χ0n) is 10.0. The first kappa shape index (κ1) is 13.9. The zero-order chi connectivity index (χ0) is 12.8. The van der Waals surface area contributed by atoms with E-state index in [2.05, 4.69) is 31.2 Å². The summed E-state index contributed by atoms with van der Waals surface area (Å²) in [6, 6.07) is 1.82. The summed E-state index contributed by atoms with van der Waals surface area (Å²) < 4.78 is 0.758. The van der Waals surface area contributed by atoms with Gasteiger partial charge in [0.15, 0.2) is 0 Å². The van der Waals surface area contributed by atoms with Crippen molar-refractivity contribution in [2.75, 3.05) is 11.9 Å². The fraction of sp³-hybridized carbons (Fsp3) is 0.545. The number of anilines is 1. The van der Waals surface area contributed by atoms with E-state index in [0.29, 0.717) is 19.4 Å². The maximum Gasteiger partial charge on any atom is 0.217 e. The number of nitrogens with one attached hydrogen (secondary N) is 1. The van der Waals surface area contributed by atoms with E-state index in [4.69, 9.17) is 5.73 Å². The van der Waals surface area contributed by atoms with E-state index in [1.807, 2.05) is 19.9 Å². The van der Waals surface area contributed by atoms with Gasteiger partial charge in [0, 0.05) is 24.9 Å². The Bertz CT molecular complexity index is 395. The predicted molar refractivity (Wildman–Crippen MR) is 70.7 cm³/mol. The van der Waals surface area contributed by atoms with Crippen molar-refractivity contribution in [1.82, 2.24) is 9.97 Å². The summed E-state index contributed by atoms with van der Waals surface area (Å²) in [6.45, 7) is 4.75. The van der Waals surface area contributed by atoms with Gasteiger partial charge in [0.25, 0.3) is 0 Å². The second-order valence-electron chi connectivity index (χ2n) is 4.09. The number of carbonyl (C=O) groups excluding carboxylic acids is 1. The zero-order valence-corrected chi connectivity index (χ0v) is 11.6. The fourth-order valence-corrected chi connectivity index (χ4v) is 1.66. The number of aromatic nitrogens is 2. The van der Waals surface area contributed by atoms with Crippen molar-refractivity contribution < 1.29 is 4.79 Å². The smallest absolute Gasteiger partial charge is 0.217 e. The Balaban J connectivity index is 2.55. The predicted octanol–water partition coefficient (Wildman–Crippen LogP) is 2.04. The number of carbonyl (C=O) groups is 1. The molecule has 0 aliphatic rings. The van der Waals surface area contributed by atoms with Crippen molar-refractivity contribution in [3.63, 3.8) is 0 Å². The van der Waals surface area contributed by atoms with Crippen LogP contribution in [0.1, 0.15) is 38.4 Å². The molecule has 0 unspecified atom stereocenters. The standard InChI is InChI=1S/C11H17BrN4O/c1-7(2)11-15-8(12)6-10(16-11)14-5-3-4-9(13)17/h6-7H,3-5H2,1-2H3,(H2,13,17)(H,14,15,16). The van der Waals surface area contributed by atoms with Crippen LogP contribution in [-0.2, 0) is 4.79 Å². The quantitative estimate of drug-likeness (QED) is 0.622. The van der Waals surface area contributed by atoms with Gasteiger partial charge in [-0.3, -0.25) is 4.79 Å². The summed E-state index contributed by atoms with van der Waals surface area (Å²) in [5, 5.41) is 3.15. The molecule has 3 N–H and O–H groups in total. The third kappa shape index (κ3) is 5.12. The second kappa shape index (κ2) is 6.54. The SMILES string of the molecule is CC(C)c1nc(Br)cc(NCCCC(N)=O)n1. The van der Waals surface area contributed by atoms with Crippen LogP contribution in [0.15, 0.2) is 10.7 Å². The fourth-order valence-electron chi connectivity index (χ4n) is 1.26. The van der Waals surface area contributed by atoms with Gasteiger partial charge in [0.1, 0.15) is 16.2 Å². The van der Waals surface area contributed by atoms with E-state index in [9.17, 15) is 4.79 Å². The lowest BCUT2D eigenvalue weighted by molar-refractivity contribution is -0.118. The number of rotatable bonds is 6. The monoisotopic (exact) mass is 300 g/mol. The van der Waals surface area contributed by atoms with Gasteiger partial charge in [0.2, 0.25) is 5.91 Å². The molecule has 0 saturated heterocycles. The molecule has 17 heavy (non-hydrogen) atoms. The van der Waals surface area contributed by atoms with Gasteiger partial charge in [-0.1, -0.05) is 13.8 Å². The Morgan fingerprint density at radius 3 is 2.82 bits per heavy atom. The number of primary amides is 1. The number of halogens is 1. The summed E-state index contributed by atoms with van der Waals surface area (Å²) >= 11 is 3.35. The molecule has 6 heteroatoms. The summed E-state index contributed by atoms with van der Waals surface area (Å²) in [5.74, 6) is 1.55. The topological polar surface area (TPSA) is 80.9 Å². The van der Waals surface area contributed by atoms with Crippen molar-refractivity contribution in [3.05, 3.63) is 16.5 Å². The Labute approximate surface area is 109 Å². The van der Waals surface area contributed by atoms with Crippen molar-refractivity contribution in [2.24, 2.45) is 5.73 Å². The first-order valence-electron chi connectivity index (χ1n) is 5.55. The molecule has 0 fully saturated rings. The van der Waals surface area contributed by atoms with Crippen LogP contribution in [0.5, 0.6) is 0 Å². The van der Waals surface area contributed by atoms with Gasteiger partial charge >= 0.3 is 0 Å². The van der Waals surface area contributed by atoms with Crippen molar-refractivity contribution in [3.8, 4) is 0 Å². The number of nitrogens with zero attached hydrogens (tertiary/aromatic N) is 2. The molecule has 1 amide bonds. The minimum absolute atomic E-state index is 0.277. The molecule has 0 bridgehead atoms. The van der Waals surface area contributed by atoms with Gasteiger partial charge in [-0.2, -0.15) is 0 Å². The van der Waals surface area contributed by atoms with Crippen LogP contribution in [0.25, 0.3) is 0 Å². The number of hydrogen-bond donors (Lipinski definition) is 2. The van der Waals surface area contributed by atoms with Crippen LogP contribution in [0.4, 0.5) is 5.82 Å². The minimum Gasteiger partial charge on any atom is -0.370 e. The van der Waals surface area contributed by atoms with Gasteiger partial charge in [-0.05, 0) is 22.4 Å². The first-order chi connectivity index (χ1) is 7.99. The molecular weight excluding hydrogens is 284 g/mol. The Morgan fingerprint density at radius 1 is 1.53 bits per heavy atom. The second-order valence-corrected chi connectivity index (χ2v) is 4.90. The number of amides is 1. The van der Waals surface area contributed by atoms with Crippen molar-refractivity contribution in [2.45, 2.75) is 32.6 Å². The molecule has 0 aliphatic heterocycles. The molecule has 0 aliphatic carbocycles. The highest BCUT2D eigenvalue weighted by molar-refractivity contribution is 9.10. The van der Waals surface area contributed by atoms with Crippen molar-refractivity contribution in [1.29, 1.82) is 0 Å². The molecule has 1 aromatic rings. The van der Waals surface area contributed by atoms with Crippen LogP contribution in [0, 0.1) is 0 Å². The molecule has 1 rings (SSSR count). The molecule has 0 aromatic carbocycles. The average molecular weight is 301 g/mol. The Morgan fingerprint density at radius 2 is 2.24 bits per heavy atom. The highest BCUT2D eigenvalue weighted by atomic mass is 79.9. The third-order valence-electron chi connectivity index (χ3n) is 2.13. The molecule has 1 heterocycles. The first-order valence-corrected chi connectivity index (χ1v) is 6.35. The summed E-state index contributed by atoms with van der Waals surface area (Å²) in [5.41, 5.74) is 5.06. The number of nitrogens with two attached hydrogens (primary N) is 1. The molecule has 0 radical (unpaired) electrons. The lowest BCUT2D eigenvalue weighted by atomic mass is 10.2. The number of hydrogen-bond acceptors (Lipinski definition) is 4. The molecule has 0 atom stereocenters. The minimum atomic E-state index is -0.279. The van der Waals surface area contributed by atoms with Gasteiger partial charge in [-0.15, -0.1) is 0 Å². The van der Waals surface area contributed by atoms with Crippen LogP contribution >= 0.6 is 15.9 Å². The van der Waals surface area contributed by atoms with E-state index in [-0.39, 0.29) is 11.8 Å². The average Bonchev–Trinajstić information content (AvgIpc) is 2.23. The molecule has 1 aromatic heterocycles. The van der Waals surface area contributed by atoms with E-state index in [0.717, 1.165) is 16.2 Å². The molecule has 5 nitrogen and oxygen atoms in total. The normalized spacial score (nSPS) is 10.6. The Hall–Kier alpha value is -1.17. The highest BCUT2D eigenvalue weighted by Crippen LogP contribution is 2.17. The molecular formula is C11H17BrN4O. The van der Waals surface area contributed by atoms with E-state index in [1.165, 1.54) is 0 Å². The van der Waals surface area contributed by atoms with E-state index >= 15 is 0 Å². The molecule has 94 valence electrons. The molecule has 0 saturated carbocycles. The highest BCUT2D eigenvalue weighted by Gasteiger charge is 2.06. The summed E-state index contributed by atoms with van der Waals surface area (Å²) in [6.07, 6.45) is 1.09. The van der Waals surface area contributed by atoms with Crippen LogP contribution in [0.3, 0.4) is 0 Å². The van der Waals surface area contributed by atoms with Crippen LogP contribution < -0.4 is 11.1 Å². The van der Waals surface area contributed by atoms with Crippen LogP contribution in [-0.4, -0.2) is 22.4 Å². The largest absolute Gasteiger partial charge is 0.370 e. The lowest BCUT2D eigenvalue weighted by Gasteiger charge is -2.09. The van der Waals surface area contributed by atoms with Gasteiger partial charge < -0.3 is 11.1 Å². The van der Waals surface area contributed by atoms with Crippen LogP contribution in [0.2, 0.25) is 0 Å². The summed E-state index contributed by atoms with van der Waals surface area (Å²) in [4.78, 5) is 19.2. The van der Waals surface area contributed by atoms with Crippen molar-refractivity contribution >= 4 is 27.7 Å². The van der Waals surface area contributed by atoms with Gasteiger partial charge in [0.05, 0.1) is 0 Å². The summed E-state index contributed by atoms with van der Waals surface area (Å²) in [7, 11) is 0. The Kier molecular flexibility index (Phi) is 5.34. The van der Waals surface area contributed by atoms with Gasteiger partial charge in [-0.25, -0.2) is 9.97 Å². The maximum atomic E-state index is 10.6. The maximum absolute atomic E-state index is 10.6. The van der Waals surface area contributed by atoms with E-state index in [1.54, 1.807) is 0 Å².